The number of aromatic nitrogens is 2. The monoisotopic (exact) mass is 402 g/mol. The minimum Gasteiger partial charge on any atom is -0.347 e. The summed E-state index contributed by atoms with van der Waals surface area (Å²) in [6, 6.07) is 7.02. The SMILES string of the molecule is Cc1ncc(CNC(=O)c2ccc3c(c2)NC(=O)c2cccn2S3(=O)=O)s1. The van der Waals surface area contributed by atoms with Gasteiger partial charge in [-0.3, -0.25) is 9.59 Å². The number of nitrogens with zero attached hydrogens (tertiary/aromatic N) is 2. The number of amides is 2. The number of hydrogen-bond donors (Lipinski definition) is 2. The summed E-state index contributed by atoms with van der Waals surface area (Å²) in [6.07, 6.45) is 3.01. The fraction of sp³-hybridized carbons (Fsp3) is 0.118. The Bertz CT molecular complexity index is 1180. The molecule has 0 atom stereocenters. The van der Waals surface area contributed by atoms with E-state index in [1.165, 1.54) is 47.9 Å². The van der Waals surface area contributed by atoms with Crippen LogP contribution in [0.5, 0.6) is 0 Å². The van der Waals surface area contributed by atoms with Crippen LogP contribution in [0.25, 0.3) is 0 Å². The van der Waals surface area contributed by atoms with Crippen LogP contribution in [-0.4, -0.2) is 29.2 Å². The number of rotatable bonds is 3. The lowest BCUT2D eigenvalue weighted by atomic mass is 10.2. The molecule has 10 heteroatoms. The molecule has 2 amide bonds. The Morgan fingerprint density at radius 1 is 1.33 bits per heavy atom. The van der Waals surface area contributed by atoms with E-state index in [1.54, 1.807) is 6.20 Å². The van der Waals surface area contributed by atoms with Crippen LogP contribution in [0.4, 0.5) is 5.69 Å². The van der Waals surface area contributed by atoms with Crippen LogP contribution in [0.3, 0.4) is 0 Å². The fourth-order valence-electron chi connectivity index (χ4n) is 2.79. The van der Waals surface area contributed by atoms with Gasteiger partial charge >= 0.3 is 0 Å². The van der Waals surface area contributed by atoms with E-state index in [-0.39, 0.29) is 27.7 Å². The highest BCUT2D eigenvalue weighted by Crippen LogP contribution is 2.29. The van der Waals surface area contributed by atoms with Gasteiger partial charge in [-0.25, -0.2) is 17.4 Å². The van der Waals surface area contributed by atoms with E-state index in [4.69, 9.17) is 0 Å². The summed E-state index contributed by atoms with van der Waals surface area (Å²) >= 11 is 1.48. The molecule has 0 unspecified atom stereocenters. The molecular weight excluding hydrogens is 388 g/mol. The lowest BCUT2D eigenvalue weighted by molar-refractivity contribution is 0.0949. The van der Waals surface area contributed by atoms with Crippen molar-refractivity contribution in [3.63, 3.8) is 0 Å². The molecule has 138 valence electrons. The zero-order valence-electron chi connectivity index (χ0n) is 14.1. The van der Waals surface area contributed by atoms with Gasteiger partial charge in [-0.1, -0.05) is 0 Å². The zero-order valence-corrected chi connectivity index (χ0v) is 15.7. The van der Waals surface area contributed by atoms with Gasteiger partial charge in [-0.05, 0) is 37.3 Å². The van der Waals surface area contributed by atoms with Crippen molar-refractivity contribution in [2.24, 2.45) is 0 Å². The van der Waals surface area contributed by atoms with E-state index in [1.807, 2.05) is 6.92 Å². The molecular formula is C17H14N4O4S2. The summed E-state index contributed by atoms with van der Waals surface area (Å²) < 4.78 is 26.5. The summed E-state index contributed by atoms with van der Waals surface area (Å²) in [7, 11) is -3.93. The van der Waals surface area contributed by atoms with Gasteiger partial charge in [0.25, 0.3) is 21.8 Å². The first-order chi connectivity index (χ1) is 12.9. The number of fused-ring (bicyclic) bond motifs is 2. The molecule has 0 spiro atoms. The van der Waals surface area contributed by atoms with Gasteiger partial charge in [-0.15, -0.1) is 11.3 Å². The number of hydrogen-bond acceptors (Lipinski definition) is 6. The number of carbonyl (C=O) groups is 2. The molecule has 0 bridgehead atoms. The number of carbonyl (C=O) groups excluding carboxylic acids is 2. The third kappa shape index (κ3) is 3.02. The van der Waals surface area contributed by atoms with Gasteiger partial charge < -0.3 is 10.6 Å². The third-order valence-corrected chi connectivity index (χ3v) is 6.73. The largest absolute Gasteiger partial charge is 0.347 e. The van der Waals surface area contributed by atoms with Gasteiger partial charge in [0.15, 0.2) is 0 Å². The second kappa shape index (κ2) is 6.32. The minimum atomic E-state index is -3.93. The van der Waals surface area contributed by atoms with Crippen LogP contribution in [0.15, 0.2) is 47.6 Å². The van der Waals surface area contributed by atoms with E-state index >= 15 is 0 Å². The first-order valence-corrected chi connectivity index (χ1v) is 10.2. The van der Waals surface area contributed by atoms with Crippen molar-refractivity contribution in [3.8, 4) is 0 Å². The maximum Gasteiger partial charge on any atom is 0.273 e. The summed E-state index contributed by atoms with van der Waals surface area (Å²) in [5, 5.41) is 6.23. The first-order valence-electron chi connectivity index (χ1n) is 7.94. The number of thiazole rings is 1. The Hall–Kier alpha value is -2.98. The lowest BCUT2D eigenvalue weighted by Gasteiger charge is -2.10. The highest BCUT2D eigenvalue weighted by atomic mass is 32.2. The Kier molecular flexibility index (Phi) is 4.08. The predicted molar refractivity (Wildman–Crippen MR) is 99.4 cm³/mol. The smallest absolute Gasteiger partial charge is 0.273 e. The molecule has 0 saturated heterocycles. The molecule has 0 saturated carbocycles. The molecule has 2 N–H and O–H groups in total. The van der Waals surface area contributed by atoms with Gasteiger partial charge in [0.1, 0.15) is 10.6 Å². The molecule has 2 aromatic heterocycles. The standard InChI is InChI=1S/C17H14N4O4S2/c1-10-18-8-12(26-10)9-19-16(22)11-4-5-15-13(7-11)20-17(23)14-3-2-6-21(14)27(15,24)25/h2-8H,9H2,1H3,(H,19,22)(H,20,23). The maximum atomic E-state index is 12.8. The van der Waals surface area contributed by atoms with Crippen molar-refractivity contribution in [2.45, 2.75) is 18.4 Å². The average Bonchev–Trinajstić information content (AvgIpc) is 3.27. The average molecular weight is 402 g/mol. The van der Waals surface area contributed by atoms with Crippen molar-refractivity contribution in [2.75, 3.05) is 5.32 Å². The number of benzene rings is 1. The van der Waals surface area contributed by atoms with Crippen LogP contribution in [0.1, 0.15) is 30.7 Å². The summed E-state index contributed by atoms with van der Waals surface area (Å²) in [4.78, 5) is 29.7. The summed E-state index contributed by atoms with van der Waals surface area (Å²) in [6.45, 7) is 2.19. The Balaban J connectivity index is 1.64. The zero-order chi connectivity index (χ0) is 19.2. The van der Waals surface area contributed by atoms with Gasteiger partial charge in [-0.2, -0.15) is 0 Å². The highest BCUT2D eigenvalue weighted by molar-refractivity contribution is 7.90. The summed E-state index contributed by atoms with van der Waals surface area (Å²) in [5.74, 6) is -0.931. The molecule has 1 aromatic carbocycles. The van der Waals surface area contributed by atoms with Crippen LogP contribution >= 0.6 is 11.3 Å². The number of anilines is 1. The fourth-order valence-corrected chi connectivity index (χ4v) is 5.00. The molecule has 3 aromatic rings. The van der Waals surface area contributed by atoms with Crippen molar-refractivity contribution >= 4 is 38.9 Å². The molecule has 3 heterocycles. The van der Waals surface area contributed by atoms with Crippen molar-refractivity contribution in [3.05, 3.63) is 63.9 Å². The molecule has 0 aliphatic carbocycles. The van der Waals surface area contributed by atoms with Crippen LogP contribution < -0.4 is 10.6 Å². The van der Waals surface area contributed by atoms with Crippen LogP contribution in [0.2, 0.25) is 0 Å². The molecule has 1 aliphatic rings. The van der Waals surface area contributed by atoms with E-state index in [2.05, 4.69) is 15.6 Å². The predicted octanol–water partition coefficient (Wildman–Crippen LogP) is 1.99. The van der Waals surface area contributed by atoms with Crippen molar-refractivity contribution in [1.82, 2.24) is 14.3 Å². The first kappa shape index (κ1) is 17.4. The third-order valence-electron chi connectivity index (χ3n) is 4.06. The molecule has 0 fully saturated rings. The maximum absolute atomic E-state index is 12.8. The minimum absolute atomic E-state index is 0.0118. The van der Waals surface area contributed by atoms with E-state index < -0.39 is 15.9 Å². The normalized spacial score (nSPS) is 14.6. The Labute approximate surface area is 158 Å². The van der Waals surface area contributed by atoms with Crippen molar-refractivity contribution in [1.29, 1.82) is 0 Å². The van der Waals surface area contributed by atoms with E-state index in [9.17, 15) is 18.0 Å². The van der Waals surface area contributed by atoms with Gasteiger partial charge in [0.2, 0.25) is 0 Å². The summed E-state index contributed by atoms with van der Waals surface area (Å²) in [5.41, 5.74) is 0.333. The molecule has 0 radical (unpaired) electrons. The molecule has 1 aliphatic heterocycles. The molecule has 4 rings (SSSR count). The molecule has 27 heavy (non-hydrogen) atoms. The van der Waals surface area contributed by atoms with E-state index in [0.29, 0.717) is 6.54 Å². The van der Waals surface area contributed by atoms with Crippen LogP contribution in [0, 0.1) is 6.92 Å². The second-order valence-electron chi connectivity index (χ2n) is 5.89. The molecule has 8 nitrogen and oxygen atoms in total. The highest BCUT2D eigenvalue weighted by Gasteiger charge is 2.30. The van der Waals surface area contributed by atoms with Gasteiger partial charge in [0, 0.05) is 22.8 Å². The quantitative estimate of drug-likeness (QED) is 0.696. The number of aryl methyl sites for hydroxylation is 1. The van der Waals surface area contributed by atoms with Crippen LogP contribution in [-0.2, 0) is 16.6 Å². The van der Waals surface area contributed by atoms with Crippen molar-refractivity contribution < 1.29 is 18.0 Å². The number of nitrogens with one attached hydrogen (secondary N) is 2. The Morgan fingerprint density at radius 2 is 2.15 bits per heavy atom. The lowest BCUT2D eigenvalue weighted by Crippen LogP contribution is -2.22. The van der Waals surface area contributed by atoms with Gasteiger partial charge in [0.05, 0.1) is 17.2 Å². The second-order valence-corrected chi connectivity index (χ2v) is 8.99. The Morgan fingerprint density at radius 3 is 2.89 bits per heavy atom. The van der Waals surface area contributed by atoms with E-state index in [0.717, 1.165) is 13.9 Å². The topological polar surface area (TPSA) is 110 Å².